The van der Waals surface area contributed by atoms with Crippen LogP contribution in [0.15, 0.2) is 11.0 Å². The normalized spacial score (nSPS) is 11.8. The van der Waals surface area contributed by atoms with Crippen molar-refractivity contribution < 1.29 is 0 Å². The molecule has 0 unspecified atom stereocenters. The maximum atomic E-state index is 11.8. The smallest absolute Gasteiger partial charge is 0.255 e. The summed E-state index contributed by atoms with van der Waals surface area (Å²) in [7, 11) is 0. The average Bonchev–Trinajstić information content (AvgIpc) is 2.23. The van der Waals surface area contributed by atoms with Crippen molar-refractivity contribution >= 4 is 11.8 Å². The van der Waals surface area contributed by atoms with Crippen molar-refractivity contribution in [2.75, 3.05) is 5.75 Å². The predicted octanol–water partition coefficient (Wildman–Crippen LogP) is 1.91. The van der Waals surface area contributed by atoms with E-state index >= 15 is 0 Å². The van der Waals surface area contributed by atoms with Crippen molar-refractivity contribution in [1.82, 2.24) is 15.3 Å². The van der Waals surface area contributed by atoms with Gasteiger partial charge < -0.3 is 10.3 Å². The van der Waals surface area contributed by atoms with Crippen molar-refractivity contribution in [1.29, 1.82) is 0 Å². The Morgan fingerprint density at radius 3 is 2.71 bits per heavy atom. The lowest BCUT2D eigenvalue weighted by Gasteiger charge is -2.20. The molecule has 0 aliphatic heterocycles. The van der Waals surface area contributed by atoms with Crippen LogP contribution in [0, 0.1) is 0 Å². The molecule has 0 spiro atoms. The lowest BCUT2D eigenvalue weighted by molar-refractivity contribution is 0.422. The predicted molar refractivity (Wildman–Crippen MR) is 73.3 cm³/mol. The number of nitrogens with zero attached hydrogens (tertiary/aromatic N) is 1. The number of hydrogen-bond acceptors (Lipinski definition) is 4. The molecule has 17 heavy (non-hydrogen) atoms. The van der Waals surface area contributed by atoms with E-state index in [0.717, 1.165) is 17.3 Å². The summed E-state index contributed by atoms with van der Waals surface area (Å²) in [6, 6.07) is 0. The summed E-state index contributed by atoms with van der Waals surface area (Å²) >= 11 is 1.75. The van der Waals surface area contributed by atoms with E-state index < -0.39 is 0 Å². The van der Waals surface area contributed by atoms with Gasteiger partial charge in [0.15, 0.2) is 0 Å². The van der Waals surface area contributed by atoms with E-state index in [1.54, 1.807) is 18.0 Å². The van der Waals surface area contributed by atoms with Gasteiger partial charge >= 0.3 is 0 Å². The molecule has 0 aliphatic carbocycles. The van der Waals surface area contributed by atoms with Crippen molar-refractivity contribution in [2.45, 2.75) is 45.5 Å². The monoisotopic (exact) mass is 255 g/mol. The third-order valence-corrected chi connectivity index (χ3v) is 3.06. The SMILES string of the molecule is CCSCc1ncc(CNC(C)(C)C)c(=O)[nH]1. The molecule has 0 aliphatic rings. The molecule has 0 radical (unpaired) electrons. The van der Waals surface area contributed by atoms with Crippen molar-refractivity contribution in [2.24, 2.45) is 0 Å². The fraction of sp³-hybridized carbons (Fsp3) is 0.667. The molecule has 0 atom stereocenters. The molecule has 0 saturated carbocycles. The first-order valence-corrected chi connectivity index (χ1v) is 6.97. The average molecular weight is 255 g/mol. The molecule has 1 heterocycles. The zero-order chi connectivity index (χ0) is 12.9. The first-order chi connectivity index (χ1) is 7.92. The minimum atomic E-state index is -0.0385. The minimum Gasteiger partial charge on any atom is -0.310 e. The molecular weight excluding hydrogens is 234 g/mol. The van der Waals surface area contributed by atoms with Gasteiger partial charge in [-0.25, -0.2) is 4.98 Å². The third kappa shape index (κ3) is 5.37. The van der Waals surface area contributed by atoms with Gasteiger partial charge in [-0.3, -0.25) is 4.79 Å². The molecule has 0 aromatic carbocycles. The van der Waals surface area contributed by atoms with Gasteiger partial charge in [-0.2, -0.15) is 11.8 Å². The summed E-state index contributed by atoms with van der Waals surface area (Å²) in [6.45, 7) is 8.85. The van der Waals surface area contributed by atoms with Crippen LogP contribution in [-0.4, -0.2) is 21.3 Å². The zero-order valence-electron chi connectivity index (χ0n) is 11.0. The number of rotatable bonds is 5. The lowest BCUT2D eigenvalue weighted by Crippen LogP contribution is -2.36. The molecule has 0 bridgehead atoms. The number of thioether (sulfide) groups is 1. The third-order valence-electron chi connectivity index (χ3n) is 2.18. The van der Waals surface area contributed by atoms with Gasteiger partial charge in [0, 0.05) is 23.8 Å². The zero-order valence-corrected chi connectivity index (χ0v) is 11.8. The van der Waals surface area contributed by atoms with Crippen LogP contribution in [0.5, 0.6) is 0 Å². The minimum absolute atomic E-state index is 0.00315. The van der Waals surface area contributed by atoms with Crippen LogP contribution in [0.4, 0.5) is 0 Å². The largest absolute Gasteiger partial charge is 0.310 e. The standard InChI is InChI=1S/C12H21N3OS/c1-5-17-8-10-13-6-9(11(16)15-10)7-14-12(2,3)4/h6,14H,5,7-8H2,1-4H3,(H,13,15,16). The molecule has 5 heteroatoms. The Labute approximate surface area is 107 Å². The highest BCUT2D eigenvalue weighted by Gasteiger charge is 2.10. The van der Waals surface area contributed by atoms with Crippen molar-refractivity contribution in [3.8, 4) is 0 Å². The molecule has 1 aromatic heterocycles. The molecule has 0 saturated heterocycles. The highest BCUT2D eigenvalue weighted by atomic mass is 32.2. The first-order valence-electron chi connectivity index (χ1n) is 5.82. The fourth-order valence-corrected chi connectivity index (χ4v) is 1.76. The van der Waals surface area contributed by atoms with Gasteiger partial charge in [0.2, 0.25) is 0 Å². The van der Waals surface area contributed by atoms with Crippen LogP contribution >= 0.6 is 11.8 Å². The number of nitrogens with one attached hydrogen (secondary N) is 2. The summed E-state index contributed by atoms with van der Waals surface area (Å²) in [5, 5.41) is 3.28. The number of aromatic nitrogens is 2. The Hall–Kier alpha value is -0.810. The molecule has 1 rings (SSSR count). The molecular formula is C12H21N3OS. The Morgan fingerprint density at radius 1 is 1.47 bits per heavy atom. The Bertz CT molecular complexity index is 409. The summed E-state index contributed by atoms with van der Waals surface area (Å²) in [4.78, 5) is 18.9. The van der Waals surface area contributed by atoms with E-state index in [9.17, 15) is 4.79 Å². The van der Waals surface area contributed by atoms with Crippen LogP contribution < -0.4 is 10.9 Å². The highest BCUT2D eigenvalue weighted by Crippen LogP contribution is 2.06. The van der Waals surface area contributed by atoms with Gasteiger partial charge in [-0.05, 0) is 26.5 Å². The van der Waals surface area contributed by atoms with Crippen LogP contribution in [0.1, 0.15) is 39.1 Å². The van der Waals surface area contributed by atoms with Gasteiger partial charge in [0.05, 0.1) is 5.75 Å². The Kier molecular flexibility index (Phi) is 5.21. The maximum Gasteiger partial charge on any atom is 0.255 e. The number of H-pyrrole nitrogens is 1. The van der Waals surface area contributed by atoms with Gasteiger partial charge in [-0.15, -0.1) is 0 Å². The first kappa shape index (κ1) is 14.3. The number of aromatic amines is 1. The molecule has 96 valence electrons. The lowest BCUT2D eigenvalue weighted by atomic mass is 10.1. The van der Waals surface area contributed by atoms with Gasteiger partial charge in [-0.1, -0.05) is 6.92 Å². The summed E-state index contributed by atoms with van der Waals surface area (Å²) in [6.07, 6.45) is 1.67. The molecule has 0 amide bonds. The van der Waals surface area contributed by atoms with E-state index in [4.69, 9.17) is 0 Å². The van der Waals surface area contributed by atoms with Crippen molar-refractivity contribution in [3.05, 3.63) is 27.9 Å². The van der Waals surface area contributed by atoms with Crippen LogP contribution in [0.3, 0.4) is 0 Å². The summed E-state index contributed by atoms with van der Waals surface area (Å²) in [5.41, 5.74) is 0.650. The van der Waals surface area contributed by atoms with Crippen LogP contribution in [-0.2, 0) is 12.3 Å². The van der Waals surface area contributed by atoms with E-state index in [-0.39, 0.29) is 11.1 Å². The van der Waals surface area contributed by atoms with Gasteiger partial charge in [0.25, 0.3) is 5.56 Å². The van der Waals surface area contributed by atoms with E-state index in [1.165, 1.54) is 0 Å². The summed E-state index contributed by atoms with van der Waals surface area (Å²) in [5.74, 6) is 2.54. The second kappa shape index (κ2) is 6.21. The maximum absolute atomic E-state index is 11.8. The number of hydrogen-bond donors (Lipinski definition) is 2. The van der Waals surface area contributed by atoms with E-state index in [2.05, 4.69) is 43.0 Å². The second-order valence-electron chi connectivity index (χ2n) is 4.92. The molecule has 2 N–H and O–H groups in total. The molecule has 0 fully saturated rings. The Balaban J connectivity index is 2.66. The van der Waals surface area contributed by atoms with Crippen LogP contribution in [0.25, 0.3) is 0 Å². The highest BCUT2D eigenvalue weighted by molar-refractivity contribution is 7.98. The fourth-order valence-electron chi connectivity index (χ4n) is 1.22. The van der Waals surface area contributed by atoms with E-state index in [0.29, 0.717) is 12.1 Å². The Morgan fingerprint density at radius 2 is 2.18 bits per heavy atom. The van der Waals surface area contributed by atoms with Crippen LogP contribution in [0.2, 0.25) is 0 Å². The second-order valence-corrected chi connectivity index (χ2v) is 6.20. The topological polar surface area (TPSA) is 57.8 Å². The summed E-state index contributed by atoms with van der Waals surface area (Å²) < 4.78 is 0. The van der Waals surface area contributed by atoms with Gasteiger partial charge in [0.1, 0.15) is 5.82 Å². The molecule has 4 nitrogen and oxygen atoms in total. The van der Waals surface area contributed by atoms with E-state index in [1.807, 2.05) is 0 Å². The quantitative estimate of drug-likeness (QED) is 0.844. The molecule has 1 aromatic rings. The van der Waals surface area contributed by atoms with Crippen molar-refractivity contribution in [3.63, 3.8) is 0 Å².